The lowest BCUT2D eigenvalue weighted by Crippen LogP contribution is -2.03. The van der Waals surface area contributed by atoms with Crippen LogP contribution in [0.4, 0.5) is 0 Å². The molecule has 1 aromatic rings. The van der Waals surface area contributed by atoms with Gasteiger partial charge in [-0.3, -0.25) is 0 Å². The normalized spacial score (nSPS) is 22.3. The largest absolute Gasteiger partial charge is 0.356 e. The van der Waals surface area contributed by atoms with Crippen molar-refractivity contribution in [3.8, 4) is 0 Å². The van der Waals surface area contributed by atoms with Crippen LogP contribution in [0, 0.1) is 0 Å². The smallest absolute Gasteiger partial charge is 0.251 e. The summed E-state index contributed by atoms with van der Waals surface area (Å²) in [6.45, 7) is 0. The second kappa shape index (κ2) is 4.44. The topological polar surface area (TPSA) is 26.0 Å². The van der Waals surface area contributed by atoms with Gasteiger partial charge in [-0.1, -0.05) is 62.3 Å². The molecule has 0 aromatic carbocycles. The first kappa shape index (κ1) is 12.0. The van der Waals surface area contributed by atoms with Crippen molar-refractivity contribution in [2.24, 2.45) is 0 Å². The molecule has 2 nitrogen and oxygen atoms in total. The summed E-state index contributed by atoms with van der Waals surface area (Å²) in [7, 11) is 0. The molecule has 1 unspecified atom stereocenters. The van der Waals surface area contributed by atoms with Crippen molar-refractivity contribution in [1.29, 1.82) is 0 Å². The molecule has 0 saturated heterocycles. The van der Waals surface area contributed by atoms with E-state index in [0.29, 0.717) is 5.76 Å². The first-order valence-electron chi connectivity index (χ1n) is 4.70. The van der Waals surface area contributed by atoms with Gasteiger partial charge in [0.25, 0.3) is 3.79 Å². The van der Waals surface area contributed by atoms with Crippen LogP contribution in [0.1, 0.15) is 41.1 Å². The number of halogens is 4. The molecular formula is C9H9BrCl3NO. The lowest BCUT2D eigenvalue weighted by molar-refractivity contribution is 0.377. The van der Waals surface area contributed by atoms with Crippen molar-refractivity contribution in [3.05, 3.63) is 17.0 Å². The molecule has 84 valence electrons. The zero-order chi connectivity index (χ0) is 11.1. The van der Waals surface area contributed by atoms with Gasteiger partial charge in [0.2, 0.25) is 0 Å². The summed E-state index contributed by atoms with van der Waals surface area (Å²) in [5, 5.41) is 3.99. The fourth-order valence-electron chi connectivity index (χ4n) is 1.79. The van der Waals surface area contributed by atoms with E-state index in [1.807, 2.05) is 0 Å². The van der Waals surface area contributed by atoms with Crippen molar-refractivity contribution >= 4 is 50.7 Å². The Morgan fingerprint density at radius 1 is 1.33 bits per heavy atom. The Morgan fingerprint density at radius 2 is 2.07 bits per heavy atom. The zero-order valence-electron chi connectivity index (χ0n) is 7.77. The second-order valence-electron chi connectivity index (χ2n) is 3.59. The zero-order valence-corrected chi connectivity index (χ0v) is 11.6. The van der Waals surface area contributed by atoms with Gasteiger partial charge >= 0.3 is 0 Å². The van der Waals surface area contributed by atoms with Crippen LogP contribution in [0.3, 0.4) is 0 Å². The fraction of sp³-hybridized carbons (Fsp3) is 0.667. The van der Waals surface area contributed by atoms with E-state index in [1.165, 1.54) is 0 Å². The Hall–Kier alpha value is 0.560. The Bertz CT molecular complexity index is 361. The minimum atomic E-state index is -1.52. The molecule has 6 heteroatoms. The molecular weight excluding hydrogens is 324 g/mol. The SMILES string of the molecule is ClC(Cl)(Cl)c1onc2c1CCCCC2Br. The van der Waals surface area contributed by atoms with E-state index in [4.69, 9.17) is 39.3 Å². The summed E-state index contributed by atoms with van der Waals surface area (Å²) in [5.41, 5.74) is 1.84. The Labute approximate surface area is 111 Å². The molecule has 0 saturated carbocycles. The molecule has 0 bridgehead atoms. The Balaban J connectivity index is 2.44. The van der Waals surface area contributed by atoms with E-state index < -0.39 is 3.79 Å². The van der Waals surface area contributed by atoms with Gasteiger partial charge in [-0.05, 0) is 19.3 Å². The highest BCUT2D eigenvalue weighted by atomic mass is 79.9. The summed E-state index contributed by atoms with van der Waals surface area (Å²) in [5.74, 6) is 0.369. The summed E-state index contributed by atoms with van der Waals surface area (Å²) < 4.78 is 3.62. The van der Waals surface area contributed by atoms with Gasteiger partial charge in [0.15, 0.2) is 5.76 Å². The van der Waals surface area contributed by atoms with Crippen molar-refractivity contribution in [2.45, 2.75) is 34.3 Å². The number of aromatic nitrogens is 1. The summed E-state index contributed by atoms with van der Waals surface area (Å²) >= 11 is 21.0. The van der Waals surface area contributed by atoms with E-state index in [0.717, 1.165) is 36.9 Å². The van der Waals surface area contributed by atoms with Gasteiger partial charge in [-0.2, -0.15) is 0 Å². The summed E-state index contributed by atoms with van der Waals surface area (Å²) in [6, 6.07) is 0. The first-order chi connectivity index (χ1) is 7.00. The molecule has 1 atom stereocenters. The third-order valence-corrected chi connectivity index (χ3v) is 3.91. The summed E-state index contributed by atoms with van der Waals surface area (Å²) in [6.07, 6.45) is 4.12. The fourth-order valence-corrected chi connectivity index (χ4v) is 2.92. The Morgan fingerprint density at radius 3 is 2.73 bits per heavy atom. The lowest BCUT2D eigenvalue weighted by atomic mass is 10.1. The molecule has 0 spiro atoms. The van der Waals surface area contributed by atoms with Gasteiger partial charge in [0, 0.05) is 5.56 Å². The van der Waals surface area contributed by atoms with E-state index in [-0.39, 0.29) is 4.83 Å². The number of hydrogen-bond donors (Lipinski definition) is 0. The highest BCUT2D eigenvalue weighted by Crippen LogP contribution is 2.44. The predicted octanol–water partition coefficient (Wildman–Crippen LogP) is 4.66. The standard InChI is InChI=1S/C9H9BrCl3NO/c10-6-4-2-1-3-5-7(6)14-15-8(5)9(11,12)13/h6H,1-4H2. The minimum absolute atomic E-state index is 0.208. The number of alkyl halides is 4. The van der Waals surface area contributed by atoms with Gasteiger partial charge in [0.1, 0.15) is 5.69 Å². The van der Waals surface area contributed by atoms with E-state index in [2.05, 4.69) is 21.1 Å². The number of fused-ring (bicyclic) bond motifs is 1. The van der Waals surface area contributed by atoms with Gasteiger partial charge in [0.05, 0.1) is 4.83 Å². The van der Waals surface area contributed by atoms with Crippen molar-refractivity contribution in [3.63, 3.8) is 0 Å². The maximum Gasteiger partial charge on any atom is 0.251 e. The monoisotopic (exact) mass is 331 g/mol. The summed E-state index contributed by atoms with van der Waals surface area (Å²) in [4.78, 5) is 0.208. The lowest BCUT2D eigenvalue weighted by Gasteiger charge is -2.08. The molecule has 1 aromatic heterocycles. The molecule has 0 amide bonds. The third-order valence-electron chi connectivity index (χ3n) is 2.51. The van der Waals surface area contributed by atoms with Crippen LogP contribution in [0.25, 0.3) is 0 Å². The molecule has 15 heavy (non-hydrogen) atoms. The van der Waals surface area contributed by atoms with Crippen LogP contribution in [0.5, 0.6) is 0 Å². The van der Waals surface area contributed by atoms with Crippen LogP contribution in [0.15, 0.2) is 4.52 Å². The molecule has 1 aliphatic rings. The van der Waals surface area contributed by atoms with E-state index >= 15 is 0 Å². The van der Waals surface area contributed by atoms with E-state index in [9.17, 15) is 0 Å². The average molecular weight is 333 g/mol. The third kappa shape index (κ3) is 2.46. The quantitative estimate of drug-likeness (QED) is 0.510. The molecule has 2 rings (SSSR count). The highest BCUT2D eigenvalue weighted by molar-refractivity contribution is 9.09. The molecule has 0 fully saturated rings. The van der Waals surface area contributed by atoms with Gasteiger partial charge in [-0.25, -0.2) is 0 Å². The molecule has 1 heterocycles. The van der Waals surface area contributed by atoms with E-state index in [1.54, 1.807) is 0 Å². The van der Waals surface area contributed by atoms with Gasteiger partial charge in [-0.15, -0.1) is 0 Å². The maximum atomic E-state index is 5.82. The van der Waals surface area contributed by atoms with Crippen molar-refractivity contribution in [2.75, 3.05) is 0 Å². The number of rotatable bonds is 0. The predicted molar refractivity (Wildman–Crippen MR) is 65.0 cm³/mol. The second-order valence-corrected chi connectivity index (χ2v) is 6.97. The first-order valence-corrected chi connectivity index (χ1v) is 6.75. The van der Waals surface area contributed by atoms with Crippen LogP contribution in [0.2, 0.25) is 0 Å². The van der Waals surface area contributed by atoms with Crippen LogP contribution in [-0.2, 0) is 10.2 Å². The molecule has 0 aliphatic heterocycles. The molecule has 0 radical (unpaired) electrons. The van der Waals surface area contributed by atoms with Gasteiger partial charge < -0.3 is 4.52 Å². The highest BCUT2D eigenvalue weighted by Gasteiger charge is 2.35. The minimum Gasteiger partial charge on any atom is -0.356 e. The Kier molecular flexibility index (Phi) is 3.56. The van der Waals surface area contributed by atoms with Crippen LogP contribution < -0.4 is 0 Å². The average Bonchev–Trinajstić information content (AvgIpc) is 2.48. The molecule has 0 N–H and O–H groups in total. The number of hydrogen-bond acceptors (Lipinski definition) is 2. The number of nitrogens with zero attached hydrogens (tertiary/aromatic N) is 1. The van der Waals surface area contributed by atoms with Crippen LogP contribution >= 0.6 is 50.7 Å². The maximum absolute atomic E-state index is 5.82. The van der Waals surface area contributed by atoms with Crippen molar-refractivity contribution < 1.29 is 4.52 Å². The molecule has 1 aliphatic carbocycles. The van der Waals surface area contributed by atoms with Crippen LogP contribution in [-0.4, -0.2) is 5.16 Å². The van der Waals surface area contributed by atoms with Crippen molar-refractivity contribution in [1.82, 2.24) is 5.16 Å².